The van der Waals surface area contributed by atoms with Gasteiger partial charge in [0.15, 0.2) is 28.9 Å². The summed E-state index contributed by atoms with van der Waals surface area (Å²) in [5, 5.41) is 3.35. The van der Waals surface area contributed by atoms with Gasteiger partial charge in [-0.3, -0.25) is 0 Å². The topological polar surface area (TPSA) is 77.6 Å². The molecule has 0 saturated carbocycles. The summed E-state index contributed by atoms with van der Waals surface area (Å²) in [4.78, 5) is 24.9. The Morgan fingerprint density at radius 3 is 1.55 bits per heavy atom. The SMILES string of the molecule is c1ccc(-c2nc(-c3ccccc3)nc(-c3ccc(-c4cccc5sc6ccc(-c7nc(-c8ccccc8)nc8c7oc7ccccc78)cc6c45)cc3)n2)cc1. The van der Waals surface area contributed by atoms with Crippen LogP contribution in [0.1, 0.15) is 0 Å². The zero-order valence-electron chi connectivity index (χ0n) is 29.8. The monoisotopic (exact) mass is 735 g/mol. The highest BCUT2D eigenvalue weighted by atomic mass is 32.1. The standard InChI is InChI=1S/C49H29N5OS/c1-4-13-31(14-5-1)46-50-43(45-44(51-46)37-19-10-11-21-39(37)55-45)35-27-28-40-38(29-35)42-36(20-12-22-41(42)56-40)30-23-25-34(26-24-30)49-53-47(32-15-6-2-7-16-32)52-48(54-49)33-17-8-3-9-18-33/h1-29H. The van der Waals surface area contributed by atoms with Gasteiger partial charge in [0.05, 0.1) is 0 Å². The summed E-state index contributed by atoms with van der Waals surface area (Å²) in [5.41, 5.74) is 10.1. The van der Waals surface area contributed by atoms with E-state index in [1.165, 1.54) is 20.2 Å². The van der Waals surface area contributed by atoms with E-state index >= 15 is 0 Å². The summed E-state index contributed by atoms with van der Waals surface area (Å²) in [6, 6.07) is 60.0. The Morgan fingerprint density at radius 2 is 0.911 bits per heavy atom. The smallest absolute Gasteiger partial charge is 0.180 e. The van der Waals surface area contributed by atoms with E-state index in [-0.39, 0.29) is 0 Å². The van der Waals surface area contributed by atoms with E-state index in [4.69, 9.17) is 29.3 Å². The third kappa shape index (κ3) is 5.52. The van der Waals surface area contributed by atoms with Crippen LogP contribution in [-0.4, -0.2) is 24.9 Å². The van der Waals surface area contributed by atoms with Crippen molar-refractivity contribution in [2.24, 2.45) is 0 Å². The van der Waals surface area contributed by atoms with Crippen molar-refractivity contribution in [3.8, 4) is 67.9 Å². The number of nitrogens with zero attached hydrogens (tertiary/aromatic N) is 5. The molecule has 0 aliphatic rings. The van der Waals surface area contributed by atoms with Gasteiger partial charge in [-0.2, -0.15) is 0 Å². The van der Waals surface area contributed by atoms with Crippen molar-refractivity contribution in [2.75, 3.05) is 0 Å². The Kier molecular flexibility index (Phi) is 7.57. The second kappa shape index (κ2) is 13.2. The fraction of sp³-hybridized carbons (Fsp3) is 0. The molecule has 0 radical (unpaired) electrons. The number of rotatable bonds is 6. The van der Waals surface area contributed by atoms with Crippen molar-refractivity contribution in [1.82, 2.24) is 24.9 Å². The van der Waals surface area contributed by atoms with Crippen LogP contribution in [0.4, 0.5) is 0 Å². The Balaban J connectivity index is 1.04. The highest BCUT2D eigenvalue weighted by Crippen LogP contribution is 2.43. The largest absolute Gasteiger partial charge is 0.452 e. The van der Waals surface area contributed by atoms with Crippen molar-refractivity contribution in [2.45, 2.75) is 0 Å². The fourth-order valence-corrected chi connectivity index (χ4v) is 8.57. The molecule has 0 amide bonds. The second-order valence-corrected chi connectivity index (χ2v) is 14.7. The van der Waals surface area contributed by atoms with E-state index in [1.54, 1.807) is 11.3 Å². The number of hydrogen-bond acceptors (Lipinski definition) is 7. The minimum Gasteiger partial charge on any atom is -0.452 e. The molecule has 0 bridgehead atoms. The predicted molar refractivity (Wildman–Crippen MR) is 228 cm³/mol. The van der Waals surface area contributed by atoms with E-state index < -0.39 is 0 Å². The molecular formula is C49H29N5OS. The van der Waals surface area contributed by atoms with Gasteiger partial charge in [0, 0.05) is 53.4 Å². The number of benzene rings is 7. The third-order valence-corrected chi connectivity index (χ3v) is 11.3. The first kappa shape index (κ1) is 32.1. The maximum absolute atomic E-state index is 6.48. The molecule has 0 spiro atoms. The molecule has 0 aliphatic heterocycles. The molecule has 11 rings (SSSR count). The van der Waals surface area contributed by atoms with Gasteiger partial charge < -0.3 is 4.42 Å². The van der Waals surface area contributed by atoms with E-state index in [0.29, 0.717) is 28.9 Å². The summed E-state index contributed by atoms with van der Waals surface area (Å²) in [5.74, 6) is 2.58. The Labute approximate surface area is 325 Å². The molecule has 7 aromatic carbocycles. The molecule has 262 valence electrons. The number of para-hydroxylation sites is 1. The first-order chi connectivity index (χ1) is 27.7. The zero-order chi connectivity index (χ0) is 37.0. The Bertz CT molecular complexity index is 3180. The lowest BCUT2D eigenvalue weighted by Crippen LogP contribution is -2.00. The summed E-state index contributed by atoms with van der Waals surface area (Å²) in [6.07, 6.45) is 0. The lowest BCUT2D eigenvalue weighted by molar-refractivity contribution is 0.667. The molecule has 4 heterocycles. The van der Waals surface area contributed by atoms with Crippen molar-refractivity contribution in [3.63, 3.8) is 0 Å². The summed E-state index contributed by atoms with van der Waals surface area (Å²) in [6.45, 7) is 0. The van der Waals surface area contributed by atoms with Crippen LogP contribution in [-0.2, 0) is 0 Å². The van der Waals surface area contributed by atoms with E-state index in [9.17, 15) is 0 Å². The van der Waals surface area contributed by atoms with Crippen molar-refractivity contribution in [1.29, 1.82) is 0 Å². The van der Waals surface area contributed by atoms with Crippen LogP contribution in [0.2, 0.25) is 0 Å². The summed E-state index contributed by atoms with van der Waals surface area (Å²) >= 11 is 1.80. The maximum atomic E-state index is 6.48. The fourth-order valence-electron chi connectivity index (χ4n) is 7.45. The van der Waals surface area contributed by atoms with Gasteiger partial charge in [-0.1, -0.05) is 146 Å². The Morgan fingerprint density at radius 1 is 0.375 bits per heavy atom. The molecular weight excluding hydrogens is 707 g/mol. The zero-order valence-corrected chi connectivity index (χ0v) is 30.6. The first-order valence-electron chi connectivity index (χ1n) is 18.4. The van der Waals surface area contributed by atoms with Crippen LogP contribution in [0.25, 0.3) is 110 Å². The highest BCUT2D eigenvalue weighted by molar-refractivity contribution is 7.26. The van der Waals surface area contributed by atoms with E-state index in [1.807, 2.05) is 109 Å². The number of hydrogen-bond donors (Lipinski definition) is 0. The molecule has 0 saturated heterocycles. The van der Waals surface area contributed by atoms with Crippen molar-refractivity contribution < 1.29 is 4.42 Å². The molecule has 56 heavy (non-hydrogen) atoms. The van der Waals surface area contributed by atoms with Gasteiger partial charge in [0.25, 0.3) is 0 Å². The van der Waals surface area contributed by atoms with Crippen LogP contribution in [0.15, 0.2) is 180 Å². The van der Waals surface area contributed by atoms with Crippen LogP contribution >= 0.6 is 11.3 Å². The summed E-state index contributed by atoms with van der Waals surface area (Å²) < 4.78 is 8.91. The molecule has 0 fully saturated rings. The summed E-state index contributed by atoms with van der Waals surface area (Å²) in [7, 11) is 0. The lowest BCUT2D eigenvalue weighted by atomic mass is 9.97. The van der Waals surface area contributed by atoms with Gasteiger partial charge in [0.2, 0.25) is 0 Å². The van der Waals surface area contributed by atoms with E-state index in [2.05, 4.69) is 66.7 Å². The Hall–Kier alpha value is -7.35. The van der Waals surface area contributed by atoms with Gasteiger partial charge in [-0.15, -0.1) is 11.3 Å². The van der Waals surface area contributed by atoms with Gasteiger partial charge in [-0.25, -0.2) is 24.9 Å². The number of furan rings is 1. The minimum absolute atomic E-state index is 0.629. The van der Waals surface area contributed by atoms with Gasteiger partial charge in [-0.05, 0) is 41.5 Å². The van der Waals surface area contributed by atoms with Crippen LogP contribution in [0.5, 0.6) is 0 Å². The second-order valence-electron chi connectivity index (χ2n) is 13.6. The molecule has 0 atom stereocenters. The quantitative estimate of drug-likeness (QED) is 0.169. The molecule has 6 nitrogen and oxygen atoms in total. The third-order valence-electron chi connectivity index (χ3n) is 10.2. The molecule has 7 heteroatoms. The number of fused-ring (bicyclic) bond motifs is 6. The molecule has 4 aromatic heterocycles. The van der Waals surface area contributed by atoms with Crippen molar-refractivity contribution >= 4 is 53.6 Å². The molecule has 0 aliphatic carbocycles. The molecule has 11 aromatic rings. The van der Waals surface area contributed by atoms with Gasteiger partial charge >= 0.3 is 0 Å². The molecule has 0 N–H and O–H groups in total. The first-order valence-corrected chi connectivity index (χ1v) is 19.2. The average molecular weight is 736 g/mol. The highest BCUT2D eigenvalue weighted by Gasteiger charge is 2.20. The number of aromatic nitrogens is 5. The van der Waals surface area contributed by atoms with Crippen LogP contribution in [0.3, 0.4) is 0 Å². The molecule has 0 unspecified atom stereocenters. The normalized spacial score (nSPS) is 11.6. The maximum Gasteiger partial charge on any atom is 0.180 e. The van der Waals surface area contributed by atoms with Crippen molar-refractivity contribution in [3.05, 3.63) is 176 Å². The number of thiophene rings is 1. The predicted octanol–water partition coefficient (Wildman–Crippen LogP) is 12.9. The average Bonchev–Trinajstić information content (AvgIpc) is 3.85. The van der Waals surface area contributed by atoms with E-state index in [0.717, 1.165) is 61.1 Å². The minimum atomic E-state index is 0.629. The van der Waals surface area contributed by atoms with Crippen LogP contribution < -0.4 is 0 Å². The van der Waals surface area contributed by atoms with Gasteiger partial charge in [0.1, 0.15) is 16.8 Å². The van der Waals surface area contributed by atoms with Crippen LogP contribution in [0, 0.1) is 0 Å². The lowest BCUT2D eigenvalue weighted by Gasteiger charge is -2.10.